The van der Waals surface area contributed by atoms with Gasteiger partial charge in [0, 0.05) is 17.5 Å². The molecule has 122 valence electrons. The van der Waals surface area contributed by atoms with E-state index in [4.69, 9.17) is 4.74 Å². The molecule has 3 aliphatic rings. The first-order chi connectivity index (χ1) is 11.7. The molecule has 0 aromatic heterocycles. The zero-order valence-corrected chi connectivity index (χ0v) is 13.4. The Morgan fingerprint density at radius 1 is 1.17 bits per heavy atom. The predicted molar refractivity (Wildman–Crippen MR) is 94.9 cm³/mol. The van der Waals surface area contributed by atoms with Crippen LogP contribution in [0.1, 0.15) is 24.8 Å². The summed E-state index contributed by atoms with van der Waals surface area (Å²) in [5, 5.41) is 19.4. The number of benzene rings is 1. The fourth-order valence-corrected chi connectivity index (χ4v) is 3.59. The monoisotopic (exact) mass is 320 g/mol. The average molecular weight is 320 g/mol. The minimum Gasteiger partial charge on any atom is -0.508 e. The molecule has 24 heavy (non-hydrogen) atoms. The Hall–Kier alpha value is -2.68. The number of aliphatic hydroxyl groups excluding tert-OH is 1. The summed E-state index contributed by atoms with van der Waals surface area (Å²) in [5.74, 6) is 1.52. The van der Waals surface area contributed by atoms with Crippen LogP contribution in [0.3, 0.4) is 0 Å². The van der Waals surface area contributed by atoms with E-state index in [2.05, 4.69) is 24.3 Å². The van der Waals surface area contributed by atoms with Gasteiger partial charge in [-0.15, -0.1) is 0 Å². The molecular formula is C21H20O3. The molecule has 1 aromatic carbocycles. The van der Waals surface area contributed by atoms with Crippen LogP contribution in [0.4, 0.5) is 0 Å². The van der Waals surface area contributed by atoms with Crippen LogP contribution in [0.5, 0.6) is 11.5 Å². The van der Waals surface area contributed by atoms with Crippen LogP contribution in [-0.2, 0) is 0 Å². The minimum atomic E-state index is 0.222. The Morgan fingerprint density at radius 3 is 2.83 bits per heavy atom. The second-order valence-electron chi connectivity index (χ2n) is 6.36. The molecule has 0 radical (unpaired) electrons. The van der Waals surface area contributed by atoms with Crippen LogP contribution in [0, 0.1) is 5.92 Å². The molecule has 0 saturated carbocycles. The first kappa shape index (κ1) is 14.9. The normalized spacial score (nSPS) is 22.6. The molecule has 1 aliphatic heterocycles. The van der Waals surface area contributed by atoms with Gasteiger partial charge in [0.05, 0.1) is 0 Å². The van der Waals surface area contributed by atoms with Gasteiger partial charge in [-0.25, -0.2) is 0 Å². The number of hydrogen-bond donors (Lipinski definition) is 2. The van der Waals surface area contributed by atoms with Gasteiger partial charge < -0.3 is 14.9 Å². The number of aliphatic hydroxyl groups is 1. The number of rotatable bonds is 2. The van der Waals surface area contributed by atoms with Gasteiger partial charge in [-0.3, -0.25) is 0 Å². The highest BCUT2D eigenvalue weighted by Gasteiger charge is 2.27. The molecule has 1 heterocycles. The molecule has 1 aromatic rings. The van der Waals surface area contributed by atoms with E-state index in [-0.39, 0.29) is 11.7 Å². The molecular weight excluding hydrogens is 300 g/mol. The lowest BCUT2D eigenvalue weighted by Gasteiger charge is -2.30. The third-order valence-corrected chi connectivity index (χ3v) is 4.80. The van der Waals surface area contributed by atoms with Crippen molar-refractivity contribution in [1.82, 2.24) is 0 Å². The molecule has 1 atom stereocenters. The van der Waals surface area contributed by atoms with E-state index in [0.717, 1.165) is 30.6 Å². The second-order valence-corrected chi connectivity index (χ2v) is 6.36. The van der Waals surface area contributed by atoms with E-state index < -0.39 is 0 Å². The second kappa shape index (κ2) is 6.08. The first-order valence-corrected chi connectivity index (χ1v) is 8.35. The van der Waals surface area contributed by atoms with Crippen LogP contribution in [-0.4, -0.2) is 16.8 Å². The van der Waals surface area contributed by atoms with Crippen molar-refractivity contribution in [3.8, 4) is 11.5 Å². The zero-order valence-electron chi connectivity index (χ0n) is 13.4. The van der Waals surface area contributed by atoms with E-state index in [1.165, 1.54) is 16.7 Å². The van der Waals surface area contributed by atoms with Crippen molar-refractivity contribution in [3.05, 3.63) is 77.1 Å². The fraction of sp³-hybridized carbons (Fsp3) is 0.238. The smallest absolute Gasteiger partial charge is 0.131 e. The molecule has 0 bridgehead atoms. The Balaban J connectivity index is 1.85. The van der Waals surface area contributed by atoms with Crippen LogP contribution in [0.25, 0.3) is 5.57 Å². The summed E-state index contributed by atoms with van der Waals surface area (Å²) in [7, 11) is 0. The van der Waals surface area contributed by atoms with Gasteiger partial charge in [-0.2, -0.15) is 0 Å². The molecule has 4 rings (SSSR count). The van der Waals surface area contributed by atoms with Crippen LogP contribution in [0.2, 0.25) is 0 Å². The summed E-state index contributed by atoms with van der Waals surface area (Å²) in [6.45, 7) is 0.510. The third-order valence-electron chi connectivity index (χ3n) is 4.80. The molecule has 2 aliphatic carbocycles. The number of phenolic OH excluding ortho intramolecular Hbond substituents is 1. The summed E-state index contributed by atoms with van der Waals surface area (Å²) < 4.78 is 5.94. The van der Waals surface area contributed by atoms with Crippen molar-refractivity contribution in [2.24, 2.45) is 5.92 Å². The molecule has 0 spiro atoms. The van der Waals surface area contributed by atoms with E-state index in [1.54, 1.807) is 18.2 Å². The molecule has 1 unspecified atom stereocenters. The van der Waals surface area contributed by atoms with Crippen LogP contribution in [0.15, 0.2) is 71.6 Å². The predicted octanol–water partition coefficient (Wildman–Crippen LogP) is 4.83. The molecule has 3 nitrogen and oxygen atoms in total. The summed E-state index contributed by atoms with van der Waals surface area (Å²) in [6.07, 6.45) is 15.0. The van der Waals surface area contributed by atoms with Gasteiger partial charge >= 0.3 is 0 Å². The molecule has 2 N–H and O–H groups in total. The maximum absolute atomic E-state index is 9.76. The third kappa shape index (κ3) is 2.67. The minimum absolute atomic E-state index is 0.222. The lowest BCUT2D eigenvalue weighted by Crippen LogP contribution is -2.19. The lowest BCUT2D eigenvalue weighted by atomic mass is 9.80. The summed E-state index contributed by atoms with van der Waals surface area (Å²) in [6, 6.07) is 5.35. The first-order valence-electron chi connectivity index (χ1n) is 8.35. The number of hydrogen-bond acceptors (Lipinski definition) is 3. The number of aromatic hydroxyl groups is 1. The average Bonchev–Trinajstić information content (AvgIpc) is 2.62. The van der Waals surface area contributed by atoms with Gasteiger partial charge in [0.1, 0.15) is 23.9 Å². The summed E-state index contributed by atoms with van der Waals surface area (Å²) >= 11 is 0. The standard InChI is InChI=1S/C21H20O3/c22-16-8-6-14(7-9-16)19-13-24-20-12-17(23)10-11-18(20)21(19)15-4-2-1-3-5-15/h1-2,4,6,8-12,14,22-23H,3,5,7,13H2. The Morgan fingerprint density at radius 2 is 2.08 bits per heavy atom. The SMILES string of the molecule is OC1=CCC(C2=C(C3=CC=CCC3)c3ccc(O)cc3OC2)C=C1. The van der Waals surface area contributed by atoms with Gasteiger partial charge in [-0.05, 0) is 60.3 Å². The van der Waals surface area contributed by atoms with Crippen LogP contribution >= 0.6 is 0 Å². The zero-order chi connectivity index (χ0) is 16.5. The highest BCUT2D eigenvalue weighted by Crippen LogP contribution is 2.44. The van der Waals surface area contributed by atoms with Crippen molar-refractivity contribution in [1.29, 1.82) is 0 Å². The fourth-order valence-electron chi connectivity index (χ4n) is 3.59. The van der Waals surface area contributed by atoms with Crippen LogP contribution < -0.4 is 4.74 Å². The number of allylic oxidation sites excluding steroid dienone is 8. The molecule has 0 amide bonds. The maximum Gasteiger partial charge on any atom is 0.131 e. The Kier molecular flexibility index (Phi) is 3.77. The van der Waals surface area contributed by atoms with Crippen molar-refractivity contribution in [3.63, 3.8) is 0 Å². The van der Waals surface area contributed by atoms with Gasteiger partial charge in [0.2, 0.25) is 0 Å². The summed E-state index contributed by atoms with van der Waals surface area (Å²) in [4.78, 5) is 0. The summed E-state index contributed by atoms with van der Waals surface area (Å²) in [5.41, 5.74) is 4.84. The Labute approximate surface area is 141 Å². The lowest BCUT2D eigenvalue weighted by molar-refractivity contribution is 0.330. The van der Waals surface area contributed by atoms with E-state index in [1.807, 2.05) is 12.1 Å². The number of fused-ring (bicyclic) bond motifs is 1. The van der Waals surface area contributed by atoms with Gasteiger partial charge in [-0.1, -0.05) is 24.3 Å². The van der Waals surface area contributed by atoms with Gasteiger partial charge in [0.15, 0.2) is 0 Å². The number of phenols is 1. The molecule has 0 saturated heterocycles. The van der Waals surface area contributed by atoms with Gasteiger partial charge in [0.25, 0.3) is 0 Å². The largest absolute Gasteiger partial charge is 0.508 e. The highest BCUT2D eigenvalue weighted by atomic mass is 16.5. The Bertz CT molecular complexity index is 821. The van der Waals surface area contributed by atoms with E-state index in [9.17, 15) is 10.2 Å². The van der Waals surface area contributed by atoms with E-state index in [0.29, 0.717) is 12.4 Å². The number of ether oxygens (including phenoxy) is 1. The van der Waals surface area contributed by atoms with E-state index >= 15 is 0 Å². The molecule has 0 fully saturated rings. The highest BCUT2D eigenvalue weighted by molar-refractivity contribution is 5.87. The van der Waals surface area contributed by atoms with Crippen molar-refractivity contribution in [2.75, 3.05) is 6.61 Å². The molecule has 3 heteroatoms. The van der Waals surface area contributed by atoms with Crippen molar-refractivity contribution < 1.29 is 14.9 Å². The quantitative estimate of drug-likeness (QED) is 0.820. The van der Waals surface area contributed by atoms with Crippen molar-refractivity contribution in [2.45, 2.75) is 19.3 Å². The maximum atomic E-state index is 9.76. The topological polar surface area (TPSA) is 49.7 Å². The van der Waals surface area contributed by atoms with Crippen molar-refractivity contribution >= 4 is 5.57 Å².